The van der Waals surface area contributed by atoms with E-state index in [-0.39, 0.29) is 11.6 Å². The molecule has 2 atom stereocenters. The van der Waals surface area contributed by atoms with Gasteiger partial charge < -0.3 is 0 Å². The molecule has 0 amide bonds. The quantitative estimate of drug-likeness (QED) is 0.396. The zero-order chi connectivity index (χ0) is 23.5. The third kappa shape index (κ3) is 5.72. The molecule has 3 aromatic heterocycles. The van der Waals surface area contributed by atoms with Crippen molar-refractivity contribution >= 4 is 0 Å². The van der Waals surface area contributed by atoms with Gasteiger partial charge in [-0.3, -0.25) is 15.0 Å². The van der Waals surface area contributed by atoms with Crippen molar-refractivity contribution in [2.75, 3.05) is 0 Å². The Morgan fingerprint density at radius 1 is 0.781 bits per heavy atom. The van der Waals surface area contributed by atoms with Gasteiger partial charge in [-0.1, -0.05) is 39.8 Å². The number of pyridine rings is 3. The van der Waals surface area contributed by atoms with E-state index in [1.807, 2.05) is 37.3 Å². The van der Waals surface area contributed by atoms with E-state index < -0.39 is 17.7 Å². The first-order valence-corrected chi connectivity index (χ1v) is 11.0. The second-order valence-electron chi connectivity index (χ2n) is 8.86. The van der Waals surface area contributed by atoms with Gasteiger partial charge >= 0.3 is 6.18 Å². The molecule has 0 aromatic carbocycles. The van der Waals surface area contributed by atoms with Gasteiger partial charge in [0.05, 0.1) is 11.3 Å². The summed E-state index contributed by atoms with van der Waals surface area (Å²) < 4.78 is 40.2. The van der Waals surface area contributed by atoms with Gasteiger partial charge in [0.25, 0.3) is 0 Å². The van der Waals surface area contributed by atoms with Crippen LogP contribution in [0.4, 0.5) is 13.2 Å². The predicted octanol–water partition coefficient (Wildman–Crippen LogP) is 7.01. The van der Waals surface area contributed by atoms with Crippen LogP contribution in [0.2, 0.25) is 0 Å². The van der Waals surface area contributed by atoms with Crippen LogP contribution in [0.15, 0.2) is 48.7 Å². The second kappa shape index (κ2) is 9.80. The summed E-state index contributed by atoms with van der Waals surface area (Å²) in [5.41, 5.74) is 4.28. The normalized spacial score (nSPS) is 13.9. The maximum Gasteiger partial charge on any atom is 0.418 e. The number of rotatable bonds is 7. The lowest BCUT2D eigenvalue weighted by atomic mass is 9.94. The Morgan fingerprint density at radius 3 is 2.09 bits per heavy atom. The first-order valence-electron chi connectivity index (χ1n) is 11.0. The van der Waals surface area contributed by atoms with Gasteiger partial charge in [-0.05, 0) is 61.6 Å². The van der Waals surface area contributed by atoms with Crippen molar-refractivity contribution in [3.63, 3.8) is 0 Å². The number of aryl methyl sites for hydroxylation is 1. The number of nitrogens with zero attached hydrogens (tertiary/aromatic N) is 3. The van der Waals surface area contributed by atoms with E-state index in [0.717, 1.165) is 40.8 Å². The average Bonchev–Trinajstić information content (AvgIpc) is 2.74. The molecule has 0 fully saturated rings. The summed E-state index contributed by atoms with van der Waals surface area (Å²) in [6.07, 6.45) is -1.86. The average molecular weight is 442 g/mol. The number of hydrogen-bond donors (Lipinski definition) is 0. The van der Waals surface area contributed by atoms with E-state index in [4.69, 9.17) is 9.97 Å². The molecule has 0 spiro atoms. The molecule has 3 nitrogen and oxygen atoms in total. The maximum atomic E-state index is 13.4. The summed E-state index contributed by atoms with van der Waals surface area (Å²) in [5, 5.41) is 0. The topological polar surface area (TPSA) is 38.7 Å². The summed E-state index contributed by atoms with van der Waals surface area (Å²) in [6, 6.07) is 12.4. The summed E-state index contributed by atoms with van der Waals surface area (Å²) in [5.74, 6) is 0.0967. The Morgan fingerprint density at radius 2 is 1.44 bits per heavy atom. The van der Waals surface area contributed by atoms with Crippen LogP contribution in [0.1, 0.15) is 85.0 Å². The van der Waals surface area contributed by atoms with E-state index in [2.05, 4.69) is 25.8 Å². The van der Waals surface area contributed by atoms with Crippen molar-refractivity contribution < 1.29 is 13.2 Å². The van der Waals surface area contributed by atoms with E-state index in [1.165, 1.54) is 12.3 Å². The van der Waals surface area contributed by atoms with E-state index in [0.29, 0.717) is 12.3 Å². The summed E-state index contributed by atoms with van der Waals surface area (Å²) in [7, 11) is 0. The summed E-state index contributed by atoms with van der Waals surface area (Å²) >= 11 is 0. The fourth-order valence-corrected chi connectivity index (χ4v) is 4.00. The fraction of sp³-hybridized carbons (Fsp3) is 0.423. The Kier molecular flexibility index (Phi) is 7.32. The van der Waals surface area contributed by atoms with Gasteiger partial charge in [-0.2, -0.15) is 13.2 Å². The lowest BCUT2D eigenvalue weighted by Gasteiger charge is -2.19. The third-order valence-corrected chi connectivity index (χ3v) is 5.72. The molecular formula is C26H30F3N3. The second-order valence-corrected chi connectivity index (χ2v) is 8.86. The highest BCUT2D eigenvalue weighted by atomic mass is 19.4. The number of aromatic nitrogens is 3. The molecule has 0 N–H and O–H groups in total. The lowest BCUT2D eigenvalue weighted by Crippen LogP contribution is -2.14. The molecule has 0 saturated carbocycles. The van der Waals surface area contributed by atoms with Crippen molar-refractivity contribution in [3.05, 3.63) is 88.3 Å². The van der Waals surface area contributed by atoms with Crippen molar-refractivity contribution in [1.29, 1.82) is 0 Å². The Balaban J connectivity index is 1.81. The minimum absolute atomic E-state index is 0.0617. The monoisotopic (exact) mass is 441 g/mol. The highest BCUT2D eigenvalue weighted by Gasteiger charge is 2.35. The maximum absolute atomic E-state index is 13.4. The number of halogens is 3. The number of alkyl halides is 3. The molecule has 6 heteroatoms. The van der Waals surface area contributed by atoms with E-state index in [9.17, 15) is 13.2 Å². The summed E-state index contributed by atoms with van der Waals surface area (Å²) in [6.45, 7) is 10.1. The molecule has 32 heavy (non-hydrogen) atoms. The van der Waals surface area contributed by atoms with Gasteiger partial charge in [0, 0.05) is 40.8 Å². The molecule has 0 aliphatic heterocycles. The van der Waals surface area contributed by atoms with Gasteiger partial charge in [0.1, 0.15) is 0 Å². The smallest absolute Gasteiger partial charge is 0.260 e. The Hall–Kier alpha value is -2.76. The molecule has 0 radical (unpaired) electrons. The standard InChI is InChI=1S/C26H30F3N3/c1-16(2)23-10-6-8-20(31-23)14-18(4)24-17(3)11-12-21(32-24)15-19(5)25-22(26(27,28)29)9-7-13-30-25/h6-13,16,18-19H,14-15H2,1-5H3. The number of hydrogen-bond acceptors (Lipinski definition) is 3. The minimum Gasteiger partial charge on any atom is -0.260 e. The van der Waals surface area contributed by atoms with Gasteiger partial charge in [0.15, 0.2) is 0 Å². The zero-order valence-corrected chi connectivity index (χ0v) is 19.2. The molecule has 0 saturated heterocycles. The highest BCUT2D eigenvalue weighted by molar-refractivity contribution is 5.30. The van der Waals surface area contributed by atoms with Crippen molar-refractivity contribution in [3.8, 4) is 0 Å². The van der Waals surface area contributed by atoms with Crippen LogP contribution in [-0.4, -0.2) is 15.0 Å². The third-order valence-electron chi connectivity index (χ3n) is 5.72. The van der Waals surface area contributed by atoms with E-state index in [1.54, 1.807) is 6.92 Å². The molecule has 3 rings (SSSR count). The molecule has 0 bridgehead atoms. The van der Waals surface area contributed by atoms with Crippen molar-refractivity contribution in [2.45, 2.75) is 71.4 Å². The zero-order valence-electron chi connectivity index (χ0n) is 19.2. The minimum atomic E-state index is -4.42. The van der Waals surface area contributed by atoms with Crippen molar-refractivity contribution in [1.82, 2.24) is 15.0 Å². The predicted molar refractivity (Wildman–Crippen MR) is 121 cm³/mol. The molecule has 2 unspecified atom stereocenters. The fourth-order valence-electron chi connectivity index (χ4n) is 4.00. The van der Waals surface area contributed by atoms with Gasteiger partial charge in [-0.15, -0.1) is 0 Å². The highest BCUT2D eigenvalue weighted by Crippen LogP contribution is 2.35. The first kappa shape index (κ1) is 23.9. The molecule has 170 valence electrons. The largest absolute Gasteiger partial charge is 0.418 e. The van der Waals surface area contributed by atoms with Crippen molar-refractivity contribution in [2.24, 2.45) is 0 Å². The lowest BCUT2D eigenvalue weighted by molar-refractivity contribution is -0.138. The Labute approximate surface area is 188 Å². The molecular weight excluding hydrogens is 411 g/mol. The van der Waals surface area contributed by atoms with Gasteiger partial charge in [-0.25, -0.2) is 0 Å². The van der Waals surface area contributed by atoms with E-state index >= 15 is 0 Å². The van der Waals surface area contributed by atoms with Crippen LogP contribution >= 0.6 is 0 Å². The van der Waals surface area contributed by atoms with Crippen LogP contribution in [0.5, 0.6) is 0 Å². The van der Waals surface area contributed by atoms with Crippen LogP contribution in [0.25, 0.3) is 0 Å². The molecule has 3 aromatic rings. The molecule has 3 heterocycles. The molecule has 0 aliphatic carbocycles. The van der Waals surface area contributed by atoms with Gasteiger partial charge in [0.2, 0.25) is 0 Å². The summed E-state index contributed by atoms with van der Waals surface area (Å²) in [4.78, 5) is 13.7. The van der Waals surface area contributed by atoms with Crippen LogP contribution in [0, 0.1) is 6.92 Å². The SMILES string of the molecule is Cc1ccc(CC(C)c2ncccc2C(F)(F)F)nc1C(C)Cc1cccc(C(C)C)n1. The molecule has 0 aliphatic rings. The van der Waals surface area contributed by atoms with Crippen LogP contribution in [-0.2, 0) is 19.0 Å². The first-order chi connectivity index (χ1) is 15.1. The Bertz CT molecular complexity index is 1060. The van der Waals surface area contributed by atoms with Crippen LogP contribution in [0.3, 0.4) is 0 Å². The van der Waals surface area contributed by atoms with Crippen LogP contribution < -0.4 is 0 Å².